The summed E-state index contributed by atoms with van der Waals surface area (Å²) in [6.45, 7) is 2.35. The van der Waals surface area contributed by atoms with Gasteiger partial charge in [0.15, 0.2) is 0 Å². The molecule has 10 heavy (non-hydrogen) atoms. The van der Waals surface area contributed by atoms with Crippen LogP contribution in [0.3, 0.4) is 0 Å². The Morgan fingerprint density at radius 2 is 2.30 bits per heavy atom. The normalized spacial score (nSPS) is 34.7. The fourth-order valence-corrected chi connectivity index (χ4v) is 1.51. The van der Waals surface area contributed by atoms with Crippen LogP contribution in [0, 0.1) is 0 Å². The molecule has 1 aliphatic heterocycles. The third-order valence-electron chi connectivity index (χ3n) is 2.03. The quantitative estimate of drug-likeness (QED) is 0.545. The van der Waals surface area contributed by atoms with Crippen molar-refractivity contribution < 1.29 is 9.90 Å². The van der Waals surface area contributed by atoms with E-state index in [4.69, 9.17) is 0 Å². The number of carbonyl (C=O) groups is 1. The van der Waals surface area contributed by atoms with E-state index in [2.05, 4.69) is 0 Å². The molecule has 3 heteroatoms. The van der Waals surface area contributed by atoms with Crippen LogP contribution in [0.25, 0.3) is 0 Å². The molecule has 1 heterocycles. The molecular formula is C7H13NO2. The van der Waals surface area contributed by atoms with E-state index >= 15 is 0 Å². The van der Waals surface area contributed by atoms with Crippen LogP contribution in [0.2, 0.25) is 0 Å². The van der Waals surface area contributed by atoms with Gasteiger partial charge in [-0.2, -0.15) is 0 Å². The van der Waals surface area contributed by atoms with Crippen molar-refractivity contribution in [3.8, 4) is 0 Å². The van der Waals surface area contributed by atoms with Gasteiger partial charge in [-0.1, -0.05) is 0 Å². The zero-order valence-electron chi connectivity index (χ0n) is 6.37. The molecule has 0 unspecified atom stereocenters. The summed E-state index contributed by atoms with van der Waals surface area (Å²) in [4.78, 5) is 12.8. The zero-order valence-corrected chi connectivity index (χ0v) is 6.37. The van der Waals surface area contributed by atoms with E-state index in [0.717, 1.165) is 13.0 Å². The summed E-state index contributed by atoms with van der Waals surface area (Å²) in [6.07, 6.45) is 0.281. The molecule has 0 bridgehead atoms. The first kappa shape index (κ1) is 7.69. The molecule has 0 radical (unpaired) electrons. The molecule has 1 saturated heterocycles. The first-order valence-electron chi connectivity index (χ1n) is 3.51. The molecule has 0 spiro atoms. The van der Waals surface area contributed by atoms with Gasteiger partial charge in [-0.3, -0.25) is 9.69 Å². The van der Waals surface area contributed by atoms with E-state index in [1.54, 1.807) is 0 Å². The van der Waals surface area contributed by atoms with E-state index in [9.17, 15) is 9.90 Å². The van der Waals surface area contributed by atoms with Crippen LogP contribution in [0.5, 0.6) is 0 Å². The maximum absolute atomic E-state index is 10.9. The lowest BCUT2D eigenvalue weighted by molar-refractivity contribution is -0.123. The molecule has 1 aliphatic rings. The van der Waals surface area contributed by atoms with Gasteiger partial charge in [-0.25, -0.2) is 0 Å². The molecule has 0 aromatic heterocycles. The van der Waals surface area contributed by atoms with Crippen molar-refractivity contribution in [2.24, 2.45) is 0 Å². The summed E-state index contributed by atoms with van der Waals surface area (Å²) in [6, 6.07) is -0.250. The van der Waals surface area contributed by atoms with Crippen LogP contribution in [0.4, 0.5) is 0 Å². The highest BCUT2D eigenvalue weighted by atomic mass is 16.3. The topological polar surface area (TPSA) is 40.5 Å². The monoisotopic (exact) mass is 143 g/mol. The van der Waals surface area contributed by atoms with E-state index in [1.165, 1.54) is 6.92 Å². The van der Waals surface area contributed by atoms with Gasteiger partial charge in [0.2, 0.25) is 0 Å². The average Bonchev–Trinajstić information content (AvgIpc) is 2.11. The van der Waals surface area contributed by atoms with E-state index in [1.807, 2.05) is 11.9 Å². The summed E-state index contributed by atoms with van der Waals surface area (Å²) in [5, 5.41) is 9.27. The lowest BCUT2D eigenvalue weighted by Crippen LogP contribution is -2.38. The molecule has 0 aromatic rings. The molecule has 0 aromatic carbocycles. The fraction of sp³-hybridized carbons (Fsp3) is 0.857. The number of hydrogen-bond acceptors (Lipinski definition) is 3. The predicted molar refractivity (Wildman–Crippen MR) is 37.7 cm³/mol. The lowest BCUT2D eigenvalue weighted by Gasteiger charge is -2.18. The molecule has 58 valence electrons. The standard InChI is InChI=1S/C7H13NO2/c1-5(9)7-6(10)3-4-8(7)2/h6-7,10H,3-4H2,1-2H3/t6-,7+/m0/s1. The summed E-state index contributed by atoms with van der Waals surface area (Å²) >= 11 is 0. The molecule has 0 amide bonds. The third kappa shape index (κ3) is 1.20. The molecule has 0 aliphatic carbocycles. The largest absolute Gasteiger partial charge is 0.391 e. The van der Waals surface area contributed by atoms with Gasteiger partial charge in [0.25, 0.3) is 0 Å². The van der Waals surface area contributed by atoms with Gasteiger partial charge in [-0.15, -0.1) is 0 Å². The van der Waals surface area contributed by atoms with Gasteiger partial charge in [0, 0.05) is 6.54 Å². The highest BCUT2D eigenvalue weighted by Crippen LogP contribution is 2.15. The first-order valence-corrected chi connectivity index (χ1v) is 3.51. The summed E-state index contributed by atoms with van der Waals surface area (Å²) in [5.41, 5.74) is 0. The van der Waals surface area contributed by atoms with E-state index < -0.39 is 6.10 Å². The Kier molecular flexibility index (Phi) is 2.06. The minimum Gasteiger partial charge on any atom is -0.391 e. The Labute approximate surface area is 60.6 Å². The number of rotatable bonds is 1. The Morgan fingerprint density at radius 3 is 2.50 bits per heavy atom. The SMILES string of the molecule is CC(=O)[C@@H]1[C@@H](O)CCN1C. The minimum atomic E-state index is -0.442. The predicted octanol–water partition coefficient (Wildman–Crippen LogP) is -0.360. The summed E-state index contributed by atoms with van der Waals surface area (Å²) in [5.74, 6) is 0.0625. The van der Waals surface area contributed by atoms with Crippen LogP contribution < -0.4 is 0 Å². The second-order valence-electron chi connectivity index (χ2n) is 2.89. The number of ketones is 1. The number of Topliss-reactive ketones (excluding diaryl/α,β-unsaturated/α-hetero) is 1. The van der Waals surface area contributed by atoms with Crippen molar-refractivity contribution in [2.45, 2.75) is 25.5 Å². The lowest BCUT2D eigenvalue weighted by atomic mass is 10.1. The molecule has 3 nitrogen and oxygen atoms in total. The smallest absolute Gasteiger partial charge is 0.149 e. The van der Waals surface area contributed by atoms with Crippen molar-refractivity contribution in [1.82, 2.24) is 4.90 Å². The Morgan fingerprint density at radius 1 is 1.70 bits per heavy atom. The number of hydrogen-bond donors (Lipinski definition) is 1. The van der Waals surface area contributed by atoms with Gasteiger partial charge >= 0.3 is 0 Å². The summed E-state index contributed by atoms with van der Waals surface area (Å²) < 4.78 is 0. The third-order valence-corrected chi connectivity index (χ3v) is 2.03. The second kappa shape index (κ2) is 2.68. The number of aliphatic hydroxyl groups is 1. The first-order chi connectivity index (χ1) is 4.63. The van der Waals surface area contributed by atoms with Crippen molar-refractivity contribution in [3.63, 3.8) is 0 Å². The van der Waals surface area contributed by atoms with Crippen LogP contribution >= 0.6 is 0 Å². The number of carbonyl (C=O) groups excluding carboxylic acids is 1. The highest BCUT2D eigenvalue weighted by molar-refractivity contribution is 5.82. The van der Waals surface area contributed by atoms with Crippen LogP contribution in [-0.4, -0.2) is 41.5 Å². The van der Waals surface area contributed by atoms with Crippen LogP contribution in [-0.2, 0) is 4.79 Å². The average molecular weight is 143 g/mol. The van der Waals surface area contributed by atoms with Crippen molar-refractivity contribution in [2.75, 3.05) is 13.6 Å². The molecule has 1 rings (SSSR count). The molecular weight excluding hydrogens is 130 g/mol. The van der Waals surface area contributed by atoms with Gasteiger partial charge in [-0.05, 0) is 20.4 Å². The van der Waals surface area contributed by atoms with Gasteiger partial charge in [0.05, 0.1) is 12.1 Å². The fourth-order valence-electron chi connectivity index (χ4n) is 1.51. The van der Waals surface area contributed by atoms with Crippen molar-refractivity contribution >= 4 is 5.78 Å². The maximum atomic E-state index is 10.9. The van der Waals surface area contributed by atoms with Crippen LogP contribution in [0.1, 0.15) is 13.3 Å². The Balaban J connectivity index is 2.63. The molecule has 0 saturated carbocycles. The molecule has 1 N–H and O–H groups in total. The Bertz CT molecular complexity index is 137. The summed E-state index contributed by atoms with van der Waals surface area (Å²) in [7, 11) is 1.86. The maximum Gasteiger partial charge on any atom is 0.149 e. The van der Waals surface area contributed by atoms with Crippen LogP contribution in [0.15, 0.2) is 0 Å². The number of likely N-dealkylation sites (N-methyl/N-ethyl adjacent to an activating group) is 1. The number of aliphatic hydroxyl groups excluding tert-OH is 1. The van der Waals surface area contributed by atoms with Gasteiger partial charge in [0.1, 0.15) is 5.78 Å². The number of likely N-dealkylation sites (tertiary alicyclic amines) is 1. The van der Waals surface area contributed by atoms with Gasteiger partial charge < -0.3 is 5.11 Å². The minimum absolute atomic E-state index is 0.0625. The van der Waals surface area contributed by atoms with Crippen molar-refractivity contribution in [1.29, 1.82) is 0 Å². The van der Waals surface area contributed by atoms with Crippen molar-refractivity contribution in [3.05, 3.63) is 0 Å². The highest BCUT2D eigenvalue weighted by Gasteiger charge is 2.33. The Hall–Kier alpha value is -0.410. The second-order valence-corrected chi connectivity index (χ2v) is 2.89. The molecule has 2 atom stereocenters. The van der Waals surface area contributed by atoms with E-state index in [0.29, 0.717) is 0 Å². The molecule has 1 fully saturated rings. The van der Waals surface area contributed by atoms with E-state index in [-0.39, 0.29) is 11.8 Å². The zero-order chi connectivity index (χ0) is 7.72. The number of nitrogens with zero attached hydrogens (tertiary/aromatic N) is 1.